The monoisotopic (exact) mass is 289 g/mol. The summed E-state index contributed by atoms with van der Waals surface area (Å²) >= 11 is 0. The van der Waals surface area contributed by atoms with Crippen molar-refractivity contribution in [3.8, 4) is 11.5 Å². The number of methoxy groups -OCH3 is 1. The van der Waals surface area contributed by atoms with Crippen LogP contribution in [-0.4, -0.2) is 18.8 Å². The highest BCUT2D eigenvalue weighted by atomic mass is 19.1. The number of halogens is 1. The topological polar surface area (TPSA) is 41.5 Å². The fourth-order valence-corrected chi connectivity index (χ4v) is 2.48. The number of phenolic OH excluding ortho intramolecular Hbond substituents is 1. The van der Waals surface area contributed by atoms with Gasteiger partial charge in [-0.25, -0.2) is 4.39 Å². The van der Waals surface area contributed by atoms with Gasteiger partial charge in [0.05, 0.1) is 7.11 Å². The van der Waals surface area contributed by atoms with E-state index in [1.807, 2.05) is 13.0 Å². The number of benzene rings is 2. The zero-order valence-electron chi connectivity index (χ0n) is 12.3. The molecule has 0 radical (unpaired) electrons. The van der Waals surface area contributed by atoms with E-state index in [9.17, 15) is 9.50 Å². The van der Waals surface area contributed by atoms with Crippen LogP contribution in [-0.2, 0) is 6.42 Å². The minimum absolute atomic E-state index is 0.211. The molecule has 4 heteroatoms. The first-order chi connectivity index (χ1) is 10.2. The van der Waals surface area contributed by atoms with Gasteiger partial charge in [-0.3, -0.25) is 0 Å². The summed E-state index contributed by atoms with van der Waals surface area (Å²) in [5, 5.41) is 12.8. The van der Waals surface area contributed by atoms with Crippen LogP contribution in [0.1, 0.15) is 24.1 Å². The number of nitrogens with one attached hydrogen (secondary N) is 1. The summed E-state index contributed by atoms with van der Waals surface area (Å²) in [5.74, 6) is 0.449. The number of hydrogen-bond acceptors (Lipinski definition) is 3. The Labute approximate surface area is 124 Å². The Kier molecular flexibility index (Phi) is 5.17. The zero-order chi connectivity index (χ0) is 15.2. The Morgan fingerprint density at radius 2 is 2.00 bits per heavy atom. The van der Waals surface area contributed by atoms with Gasteiger partial charge in [0.25, 0.3) is 0 Å². The van der Waals surface area contributed by atoms with Gasteiger partial charge in [-0.2, -0.15) is 0 Å². The molecular formula is C17H20FNO2. The SMILES string of the molecule is CCNC(Cc1cccc(O)c1)c1c(F)cccc1OC. The third-order valence-electron chi connectivity index (χ3n) is 3.38. The molecule has 21 heavy (non-hydrogen) atoms. The molecule has 2 N–H and O–H groups in total. The van der Waals surface area contributed by atoms with E-state index in [0.29, 0.717) is 24.3 Å². The number of rotatable bonds is 6. The largest absolute Gasteiger partial charge is 0.508 e. The van der Waals surface area contributed by atoms with Crippen LogP contribution >= 0.6 is 0 Å². The Morgan fingerprint density at radius 1 is 1.24 bits per heavy atom. The van der Waals surface area contributed by atoms with Crippen LogP contribution < -0.4 is 10.1 Å². The van der Waals surface area contributed by atoms with E-state index in [-0.39, 0.29) is 17.6 Å². The third kappa shape index (κ3) is 3.73. The Hall–Kier alpha value is -2.07. The Morgan fingerprint density at radius 3 is 2.67 bits per heavy atom. The highest BCUT2D eigenvalue weighted by Gasteiger charge is 2.20. The summed E-state index contributed by atoms with van der Waals surface area (Å²) < 4.78 is 19.5. The lowest BCUT2D eigenvalue weighted by molar-refractivity contribution is 0.390. The van der Waals surface area contributed by atoms with Gasteiger partial charge in [-0.05, 0) is 42.8 Å². The highest BCUT2D eigenvalue weighted by Crippen LogP contribution is 2.30. The fraction of sp³-hybridized carbons (Fsp3) is 0.294. The standard InChI is InChI=1S/C17H20FNO2/c1-3-19-15(11-12-6-4-7-13(20)10-12)17-14(18)8-5-9-16(17)21-2/h4-10,15,19-20H,3,11H2,1-2H3. The molecule has 2 rings (SSSR count). The summed E-state index contributed by atoms with van der Waals surface area (Å²) in [4.78, 5) is 0. The van der Waals surface area contributed by atoms with Crippen LogP contribution in [0.25, 0.3) is 0 Å². The summed E-state index contributed by atoms with van der Waals surface area (Å²) in [7, 11) is 1.54. The van der Waals surface area contributed by atoms with Crippen LogP contribution in [0.4, 0.5) is 4.39 Å². The molecule has 1 atom stereocenters. The second-order valence-corrected chi connectivity index (χ2v) is 4.84. The molecule has 0 aliphatic heterocycles. The molecule has 112 valence electrons. The first-order valence-electron chi connectivity index (χ1n) is 6.99. The molecule has 0 heterocycles. The lowest BCUT2D eigenvalue weighted by Gasteiger charge is -2.21. The molecule has 0 saturated heterocycles. The van der Waals surface area contributed by atoms with E-state index < -0.39 is 0 Å². The van der Waals surface area contributed by atoms with E-state index in [4.69, 9.17) is 4.74 Å². The number of likely N-dealkylation sites (N-methyl/N-ethyl adjacent to an activating group) is 1. The summed E-state index contributed by atoms with van der Waals surface area (Å²) in [6, 6.07) is 11.6. The average molecular weight is 289 g/mol. The third-order valence-corrected chi connectivity index (χ3v) is 3.38. The first kappa shape index (κ1) is 15.3. The molecule has 0 amide bonds. The molecule has 0 aliphatic rings. The molecule has 2 aromatic rings. The van der Waals surface area contributed by atoms with E-state index >= 15 is 0 Å². The van der Waals surface area contributed by atoms with Crippen LogP contribution in [0.5, 0.6) is 11.5 Å². The van der Waals surface area contributed by atoms with Gasteiger partial charge < -0.3 is 15.2 Å². The molecule has 0 bridgehead atoms. The maximum absolute atomic E-state index is 14.2. The molecule has 3 nitrogen and oxygen atoms in total. The van der Waals surface area contributed by atoms with Crippen LogP contribution in [0.3, 0.4) is 0 Å². The summed E-state index contributed by atoms with van der Waals surface area (Å²) in [5.41, 5.74) is 1.46. The lowest BCUT2D eigenvalue weighted by Crippen LogP contribution is -2.24. The molecular weight excluding hydrogens is 269 g/mol. The Balaban J connectivity index is 2.35. The van der Waals surface area contributed by atoms with Crippen molar-refractivity contribution < 1.29 is 14.2 Å². The number of hydrogen-bond donors (Lipinski definition) is 2. The quantitative estimate of drug-likeness (QED) is 0.856. The summed E-state index contributed by atoms with van der Waals surface area (Å²) in [6.07, 6.45) is 0.569. The Bertz CT molecular complexity index is 601. The summed E-state index contributed by atoms with van der Waals surface area (Å²) in [6.45, 7) is 2.68. The van der Waals surface area contributed by atoms with Crippen LogP contribution in [0.15, 0.2) is 42.5 Å². The van der Waals surface area contributed by atoms with E-state index in [1.165, 1.54) is 13.2 Å². The minimum Gasteiger partial charge on any atom is -0.508 e. The van der Waals surface area contributed by atoms with Crippen LogP contribution in [0, 0.1) is 5.82 Å². The predicted octanol–water partition coefficient (Wildman–Crippen LogP) is 3.43. The van der Waals surface area contributed by atoms with Crippen molar-refractivity contribution in [3.05, 3.63) is 59.4 Å². The van der Waals surface area contributed by atoms with Crippen molar-refractivity contribution in [2.75, 3.05) is 13.7 Å². The fourth-order valence-electron chi connectivity index (χ4n) is 2.48. The molecule has 0 fully saturated rings. The van der Waals surface area contributed by atoms with Crippen LogP contribution in [0.2, 0.25) is 0 Å². The minimum atomic E-state index is -0.291. The number of ether oxygens (including phenoxy) is 1. The molecule has 1 unspecified atom stereocenters. The van der Waals surface area contributed by atoms with Crippen molar-refractivity contribution in [1.82, 2.24) is 5.32 Å². The second-order valence-electron chi connectivity index (χ2n) is 4.84. The maximum atomic E-state index is 14.2. The van der Waals surface area contributed by atoms with E-state index in [2.05, 4.69) is 5.32 Å². The van der Waals surface area contributed by atoms with Gasteiger partial charge in [0.1, 0.15) is 17.3 Å². The van der Waals surface area contributed by atoms with Crippen molar-refractivity contribution in [3.63, 3.8) is 0 Å². The van der Waals surface area contributed by atoms with E-state index in [1.54, 1.807) is 30.3 Å². The first-order valence-corrected chi connectivity index (χ1v) is 6.99. The molecule has 0 aliphatic carbocycles. The van der Waals surface area contributed by atoms with Gasteiger partial charge in [0, 0.05) is 11.6 Å². The maximum Gasteiger partial charge on any atom is 0.131 e. The average Bonchev–Trinajstić information content (AvgIpc) is 2.46. The van der Waals surface area contributed by atoms with Gasteiger partial charge >= 0.3 is 0 Å². The molecule has 0 aromatic heterocycles. The second kappa shape index (κ2) is 7.09. The van der Waals surface area contributed by atoms with Gasteiger partial charge in [0.15, 0.2) is 0 Å². The van der Waals surface area contributed by atoms with Crippen molar-refractivity contribution in [2.45, 2.75) is 19.4 Å². The van der Waals surface area contributed by atoms with Gasteiger partial charge in [0.2, 0.25) is 0 Å². The van der Waals surface area contributed by atoms with Crippen molar-refractivity contribution in [2.24, 2.45) is 0 Å². The smallest absolute Gasteiger partial charge is 0.131 e. The number of aromatic hydroxyl groups is 1. The predicted molar refractivity (Wildman–Crippen MR) is 81.2 cm³/mol. The molecule has 0 saturated carbocycles. The van der Waals surface area contributed by atoms with E-state index in [0.717, 1.165) is 5.56 Å². The van der Waals surface area contributed by atoms with Gasteiger partial charge in [-0.1, -0.05) is 25.1 Å². The molecule has 2 aromatic carbocycles. The number of phenols is 1. The lowest BCUT2D eigenvalue weighted by atomic mass is 9.97. The highest BCUT2D eigenvalue weighted by molar-refractivity contribution is 5.39. The molecule has 0 spiro atoms. The normalized spacial score (nSPS) is 12.1. The van der Waals surface area contributed by atoms with Gasteiger partial charge in [-0.15, -0.1) is 0 Å². The zero-order valence-corrected chi connectivity index (χ0v) is 12.3. The van der Waals surface area contributed by atoms with Crippen molar-refractivity contribution >= 4 is 0 Å². The van der Waals surface area contributed by atoms with Crippen molar-refractivity contribution in [1.29, 1.82) is 0 Å².